The van der Waals surface area contributed by atoms with Crippen LogP contribution in [-0.2, 0) is 11.2 Å². The van der Waals surface area contributed by atoms with Crippen molar-refractivity contribution in [3.05, 3.63) is 72.2 Å². The minimum atomic E-state index is 0.706. The van der Waals surface area contributed by atoms with Gasteiger partial charge in [0.25, 0.3) is 0 Å². The molecule has 146 valence electrons. The Morgan fingerprint density at radius 1 is 1.00 bits per heavy atom. The lowest BCUT2D eigenvalue weighted by Gasteiger charge is -2.27. The molecule has 6 heteroatoms. The Labute approximate surface area is 166 Å². The zero-order valence-electron chi connectivity index (χ0n) is 16.5. The van der Waals surface area contributed by atoms with Gasteiger partial charge in [0.15, 0.2) is 0 Å². The first-order valence-electron chi connectivity index (χ1n) is 9.78. The van der Waals surface area contributed by atoms with Crippen molar-refractivity contribution in [2.45, 2.75) is 20.3 Å². The van der Waals surface area contributed by atoms with Gasteiger partial charge < -0.3 is 15.0 Å². The summed E-state index contributed by atoms with van der Waals surface area (Å²) in [6.07, 6.45) is 4.31. The first kappa shape index (κ1) is 19.8. The molecule has 4 rings (SSSR count). The number of aromatic nitrogens is 3. The lowest BCUT2D eigenvalue weighted by molar-refractivity contribution is 0.122. The van der Waals surface area contributed by atoms with E-state index in [2.05, 4.69) is 27.3 Å². The SMILES string of the molecule is CC.c1ccc(Cc2cc(Nc3cccnc3)nc(N3CCOCC3)n2)cc1. The minimum absolute atomic E-state index is 0.706. The van der Waals surface area contributed by atoms with E-state index in [4.69, 9.17) is 14.7 Å². The Hall–Kier alpha value is -2.99. The smallest absolute Gasteiger partial charge is 0.227 e. The van der Waals surface area contributed by atoms with Crippen molar-refractivity contribution in [3.63, 3.8) is 0 Å². The van der Waals surface area contributed by atoms with Crippen molar-refractivity contribution in [1.82, 2.24) is 15.0 Å². The lowest BCUT2D eigenvalue weighted by atomic mass is 10.1. The van der Waals surface area contributed by atoms with Crippen LogP contribution in [0.5, 0.6) is 0 Å². The molecule has 0 atom stereocenters. The third kappa shape index (κ3) is 5.50. The predicted molar refractivity (Wildman–Crippen MR) is 113 cm³/mol. The van der Waals surface area contributed by atoms with Gasteiger partial charge in [0.2, 0.25) is 5.95 Å². The van der Waals surface area contributed by atoms with E-state index in [1.807, 2.05) is 50.2 Å². The van der Waals surface area contributed by atoms with E-state index >= 15 is 0 Å². The molecule has 0 spiro atoms. The summed E-state index contributed by atoms with van der Waals surface area (Å²) < 4.78 is 5.45. The maximum Gasteiger partial charge on any atom is 0.227 e. The van der Waals surface area contributed by atoms with Crippen LogP contribution in [0, 0.1) is 0 Å². The summed E-state index contributed by atoms with van der Waals surface area (Å²) in [5.41, 5.74) is 3.12. The van der Waals surface area contributed by atoms with Crippen LogP contribution < -0.4 is 10.2 Å². The maximum absolute atomic E-state index is 5.45. The van der Waals surface area contributed by atoms with E-state index in [0.29, 0.717) is 13.2 Å². The first-order valence-corrected chi connectivity index (χ1v) is 9.78. The monoisotopic (exact) mass is 377 g/mol. The van der Waals surface area contributed by atoms with Gasteiger partial charge >= 0.3 is 0 Å². The van der Waals surface area contributed by atoms with Crippen LogP contribution in [-0.4, -0.2) is 41.3 Å². The summed E-state index contributed by atoms with van der Waals surface area (Å²) in [5.74, 6) is 1.52. The quantitative estimate of drug-likeness (QED) is 0.723. The number of nitrogens with zero attached hydrogens (tertiary/aromatic N) is 4. The van der Waals surface area contributed by atoms with Gasteiger partial charge in [-0.25, -0.2) is 4.98 Å². The van der Waals surface area contributed by atoms with Gasteiger partial charge in [0.05, 0.1) is 30.8 Å². The Bertz CT molecular complexity index is 776. The largest absolute Gasteiger partial charge is 0.378 e. The fraction of sp³-hybridized carbons (Fsp3) is 0.318. The molecule has 3 heterocycles. The molecule has 0 aliphatic carbocycles. The van der Waals surface area contributed by atoms with E-state index in [1.165, 1.54) is 5.56 Å². The summed E-state index contributed by atoms with van der Waals surface area (Å²) in [6.45, 7) is 7.03. The number of pyridine rings is 1. The summed E-state index contributed by atoms with van der Waals surface area (Å²) in [7, 11) is 0. The third-order valence-electron chi connectivity index (χ3n) is 4.22. The minimum Gasteiger partial charge on any atom is -0.378 e. The molecule has 28 heavy (non-hydrogen) atoms. The van der Waals surface area contributed by atoms with Gasteiger partial charge in [-0.2, -0.15) is 4.98 Å². The molecule has 6 nitrogen and oxygen atoms in total. The van der Waals surface area contributed by atoms with Crippen LogP contribution in [0.1, 0.15) is 25.1 Å². The summed E-state index contributed by atoms with van der Waals surface area (Å²) in [6, 6.07) is 16.2. The summed E-state index contributed by atoms with van der Waals surface area (Å²) >= 11 is 0. The molecule has 0 saturated carbocycles. The van der Waals surface area contributed by atoms with E-state index in [-0.39, 0.29) is 0 Å². The van der Waals surface area contributed by atoms with Crippen molar-refractivity contribution in [3.8, 4) is 0 Å². The Morgan fingerprint density at radius 3 is 2.50 bits per heavy atom. The molecule has 0 bridgehead atoms. The average molecular weight is 377 g/mol. The van der Waals surface area contributed by atoms with Crippen LogP contribution in [0.4, 0.5) is 17.5 Å². The van der Waals surface area contributed by atoms with Crippen molar-refractivity contribution >= 4 is 17.5 Å². The topological polar surface area (TPSA) is 63.2 Å². The van der Waals surface area contributed by atoms with Crippen LogP contribution in [0.3, 0.4) is 0 Å². The van der Waals surface area contributed by atoms with Crippen molar-refractivity contribution in [2.75, 3.05) is 36.5 Å². The van der Waals surface area contributed by atoms with E-state index in [1.54, 1.807) is 12.4 Å². The molecule has 2 aromatic heterocycles. The van der Waals surface area contributed by atoms with Crippen LogP contribution >= 0.6 is 0 Å². The molecule has 0 unspecified atom stereocenters. The van der Waals surface area contributed by atoms with Crippen LogP contribution in [0.15, 0.2) is 60.9 Å². The highest BCUT2D eigenvalue weighted by Crippen LogP contribution is 2.20. The number of ether oxygens (including phenoxy) is 1. The molecule has 1 aromatic carbocycles. The normalized spacial score (nSPS) is 13.4. The Morgan fingerprint density at radius 2 is 1.79 bits per heavy atom. The highest BCUT2D eigenvalue weighted by Gasteiger charge is 2.16. The lowest BCUT2D eigenvalue weighted by Crippen LogP contribution is -2.37. The molecule has 3 aromatic rings. The zero-order chi connectivity index (χ0) is 19.6. The van der Waals surface area contributed by atoms with Gasteiger partial charge in [-0.1, -0.05) is 44.2 Å². The number of morpholine rings is 1. The third-order valence-corrected chi connectivity index (χ3v) is 4.22. The molecule has 0 amide bonds. The van der Waals surface area contributed by atoms with Gasteiger partial charge in [0, 0.05) is 31.8 Å². The first-order chi connectivity index (χ1) is 13.9. The van der Waals surface area contributed by atoms with Crippen LogP contribution in [0.25, 0.3) is 0 Å². The molecule has 1 saturated heterocycles. The predicted octanol–water partition coefficient (Wildman–Crippen LogP) is 4.07. The van der Waals surface area contributed by atoms with Crippen molar-refractivity contribution < 1.29 is 4.74 Å². The molecule has 1 fully saturated rings. The van der Waals surface area contributed by atoms with Crippen molar-refractivity contribution in [1.29, 1.82) is 0 Å². The molecule has 1 aliphatic rings. The number of hydrogen-bond acceptors (Lipinski definition) is 6. The second kappa shape index (κ2) is 10.4. The molecule has 0 radical (unpaired) electrons. The van der Waals surface area contributed by atoms with E-state index in [0.717, 1.165) is 42.7 Å². The van der Waals surface area contributed by atoms with E-state index < -0.39 is 0 Å². The second-order valence-electron chi connectivity index (χ2n) is 6.17. The van der Waals surface area contributed by atoms with Gasteiger partial charge in [0.1, 0.15) is 5.82 Å². The van der Waals surface area contributed by atoms with E-state index in [9.17, 15) is 0 Å². The summed E-state index contributed by atoms with van der Waals surface area (Å²) in [4.78, 5) is 15.8. The number of hydrogen-bond donors (Lipinski definition) is 1. The fourth-order valence-corrected chi connectivity index (χ4v) is 2.93. The van der Waals surface area contributed by atoms with Crippen LogP contribution in [0.2, 0.25) is 0 Å². The Balaban J connectivity index is 0.00000109. The van der Waals surface area contributed by atoms with Gasteiger partial charge in [-0.05, 0) is 17.7 Å². The molecule has 1 aliphatic heterocycles. The Kier molecular flexibility index (Phi) is 7.32. The zero-order valence-corrected chi connectivity index (χ0v) is 16.5. The fourth-order valence-electron chi connectivity index (χ4n) is 2.93. The number of benzene rings is 1. The molecular weight excluding hydrogens is 350 g/mol. The maximum atomic E-state index is 5.45. The molecular formula is C22H27N5O. The van der Waals surface area contributed by atoms with Crippen molar-refractivity contribution in [2.24, 2.45) is 0 Å². The second-order valence-corrected chi connectivity index (χ2v) is 6.17. The number of nitrogens with one attached hydrogen (secondary N) is 1. The van der Waals surface area contributed by atoms with Gasteiger partial charge in [-0.15, -0.1) is 0 Å². The highest BCUT2D eigenvalue weighted by atomic mass is 16.5. The van der Waals surface area contributed by atoms with Gasteiger partial charge in [-0.3, -0.25) is 4.98 Å². The molecule has 1 N–H and O–H groups in total. The summed E-state index contributed by atoms with van der Waals surface area (Å²) in [5, 5.41) is 3.34. The average Bonchev–Trinajstić information content (AvgIpc) is 2.77. The highest BCUT2D eigenvalue weighted by molar-refractivity contribution is 5.57. The number of anilines is 3. The number of rotatable bonds is 5. The standard InChI is InChI=1S/C20H21N5O.C2H6/c1-2-5-16(6-3-1)13-18-14-19(22-17-7-4-8-21-15-17)24-20(23-18)25-9-11-26-12-10-25;1-2/h1-8,14-15H,9-13H2,(H,22,23,24);1-2H3.